The molecule has 3 rings (SSSR count). The number of nitrogens with one attached hydrogen (secondary N) is 1. The summed E-state index contributed by atoms with van der Waals surface area (Å²) in [6, 6.07) is 15.9. The van der Waals surface area contributed by atoms with E-state index in [1.54, 1.807) is 12.1 Å². The van der Waals surface area contributed by atoms with Gasteiger partial charge in [0.1, 0.15) is 5.82 Å². The number of halogens is 1. The van der Waals surface area contributed by atoms with Crippen molar-refractivity contribution in [2.24, 2.45) is 0 Å². The van der Waals surface area contributed by atoms with Crippen LogP contribution >= 0.6 is 0 Å². The lowest BCUT2D eigenvalue weighted by Crippen LogP contribution is -2.25. The van der Waals surface area contributed by atoms with Gasteiger partial charge in [0.05, 0.1) is 17.8 Å². The Hall–Kier alpha value is -2.95. The molecule has 5 heteroatoms. The normalized spacial score (nSPS) is 10.7. The van der Waals surface area contributed by atoms with Crippen LogP contribution in [0.4, 0.5) is 4.39 Å². The Bertz CT molecular complexity index is 870. The molecule has 0 spiro atoms. The van der Waals surface area contributed by atoms with Crippen LogP contribution in [0.5, 0.6) is 0 Å². The number of hydrogen-bond donors (Lipinski definition) is 1. The standard InChI is InChI=1S/C20H20FN3O/c1-14-19(15(2)24(23-14)18-6-4-3-5-7-18)13-22-20(25)12-16-8-10-17(21)11-9-16/h3-11H,12-13H2,1-2H3,(H,22,25). The Morgan fingerprint density at radius 2 is 1.76 bits per heavy atom. The van der Waals surface area contributed by atoms with Crippen LogP contribution in [0, 0.1) is 19.7 Å². The van der Waals surface area contributed by atoms with Gasteiger partial charge in [-0.1, -0.05) is 30.3 Å². The van der Waals surface area contributed by atoms with E-state index in [9.17, 15) is 9.18 Å². The molecular weight excluding hydrogens is 317 g/mol. The van der Waals surface area contributed by atoms with Crippen LogP contribution < -0.4 is 5.32 Å². The van der Waals surface area contributed by atoms with Crippen molar-refractivity contribution in [1.82, 2.24) is 15.1 Å². The minimum atomic E-state index is -0.302. The van der Waals surface area contributed by atoms with Gasteiger partial charge >= 0.3 is 0 Å². The first-order chi connectivity index (χ1) is 12.0. The number of hydrogen-bond acceptors (Lipinski definition) is 2. The number of carbonyl (C=O) groups is 1. The van der Waals surface area contributed by atoms with Gasteiger partial charge < -0.3 is 5.32 Å². The summed E-state index contributed by atoms with van der Waals surface area (Å²) in [5, 5.41) is 7.50. The van der Waals surface area contributed by atoms with Gasteiger partial charge in [-0.2, -0.15) is 5.10 Å². The highest BCUT2D eigenvalue weighted by atomic mass is 19.1. The van der Waals surface area contributed by atoms with Gasteiger partial charge in [0.25, 0.3) is 0 Å². The SMILES string of the molecule is Cc1nn(-c2ccccc2)c(C)c1CNC(=O)Cc1ccc(F)cc1. The summed E-state index contributed by atoms with van der Waals surface area (Å²) in [6.45, 7) is 4.35. The van der Waals surface area contributed by atoms with E-state index in [-0.39, 0.29) is 18.1 Å². The fourth-order valence-electron chi connectivity index (χ4n) is 2.79. The van der Waals surface area contributed by atoms with Crippen molar-refractivity contribution in [3.8, 4) is 5.69 Å². The van der Waals surface area contributed by atoms with Gasteiger partial charge in [0, 0.05) is 17.8 Å². The highest BCUT2D eigenvalue weighted by Gasteiger charge is 2.13. The largest absolute Gasteiger partial charge is 0.352 e. The fourth-order valence-corrected chi connectivity index (χ4v) is 2.79. The maximum absolute atomic E-state index is 12.9. The Kier molecular flexibility index (Phi) is 4.93. The van der Waals surface area contributed by atoms with Gasteiger partial charge in [0.15, 0.2) is 0 Å². The Labute approximate surface area is 146 Å². The number of rotatable bonds is 5. The molecule has 0 saturated heterocycles. The van der Waals surface area contributed by atoms with Crippen molar-refractivity contribution in [3.05, 3.63) is 82.9 Å². The van der Waals surface area contributed by atoms with Crippen LogP contribution in [0.2, 0.25) is 0 Å². The Morgan fingerprint density at radius 1 is 1.08 bits per heavy atom. The Morgan fingerprint density at radius 3 is 2.44 bits per heavy atom. The lowest BCUT2D eigenvalue weighted by molar-refractivity contribution is -0.120. The number of amides is 1. The van der Waals surface area contributed by atoms with Crippen molar-refractivity contribution < 1.29 is 9.18 Å². The van der Waals surface area contributed by atoms with Gasteiger partial charge in [-0.05, 0) is 43.7 Å². The van der Waals surface area contributed by atoms with E-state index in [2.05, 4.69) is 10.4 Å². The van der Waals surface area contributed by atoms with Gasteiger partial charge in [-0.15, -0.1) is 0 Å². The monoisotopic (exact) mass is 337 g/mol. The number of benzene rings is 2. The number of carbonyl (C=O) groups excluding carboxylic acids is 1. The van der Waals surface area contributed by atoms with Crippen LogP contribution in [0.15, 0.2) is 54.6 Å². The molecule has 3 aromatic rings. The highest BCUT2D eigenvalue weighted by molar-refractivity contribution is 5.78. The van der Waals surface area contributed by atoms with Gasteiger partial charge in [-0.3, -0.25) is 4.79 Å². The molecule has 128 valence electrons. The van der Waals surface area contributed by atoms with Crippen LogP contribution in [0.3, 0.4) is 0 Å². The number of aryl methyl sites for hydroxylation is 1. The molecular formula is C20H20FN3O. The summed E-state index contributed by atoms with van der Waals surface area (Å²) in [7, 11) is 0. The lowest BCUT2D eigenvalue weighted by atomic mass is 10.1. The van der Waals surface area contributed by atoms with Crippen molar-refractivity contribution in [3.63, 3.8) is 0 Å². The highest BCUT2D eigenvalue weighted by Crippen LogP contribution is 2.17. The van der Waals surface area contributed by atoms with E-state index in [0.29, 0.717) is 6.54 Å². The second-order valence-corrected chi connectivity index (χ2v) is 5.98. The molecule has 1 N–H and O–H groups in total. The molecule has 1 heterocycles. The topological polar surface area (TPSA) is 46.9 Å². The van der Waals surface area contributed by atoms with Crippen LogP contribution in [0.1, 0.15) is 22.5 Å². The van der Waals surface area contributed by atoms with Crippen molar-refractivity contribution in [2.45, 2.75) is 26.8 Å². The third-order valence-electron chi connectivity index (χ3n) is 4.18. The number of nitrogens with zero attached hydrogens (tertiary/aromatic N) is 2. The second kappa shape index (κ2) is 7.30. The van der Waals surface area contributed by atoms with Crippen molar-refractivity contribution in [2.75, 3.05) is 0 Å². The first kappa shape index (κ1) is 16.9. The van der Waals surface area contributed by atoms with E-state index in [4.69, 9.17) is 0 Å². The molecule has 0 atom stereocenters. The molecule has 0 unspecified atom stereocenters. The molecule has 0 aliphatic heterocycles. The zero-order valence-corrected chi connectivity index (χ0v) is 14.3. The number of aromatic nitrogens is 2. The molecule has 0 saturated carbocycles. The van der Waals surface area contributed by atoms with Gasteiger partial charge in [0.2, 0.25) is 5.91 Å². The van der Waals surface area contributed by atoms with E-state index >= 15 is 0 Å². The maximum Gasteiger partial charge on any atom is 0.224 e. The summed E-state index contributed by atoms with van der Waals surface area (Å²) in [5.74, 6) is -0.401. The quantitative estimate of drug-likeness (QED) is 0.775. The molecule has 2 aromatic carbocycles. The third-order valence-corrected chi connectivity index (χ3v) is 4.18. The summed E-state index contributed by atoms with van der Waals surface area (Å²) in [4.78, 5) is 12.1. The van der Waals surface area contributed by atoms with Gasteiger partial charge in [-0.25, -0.2) is 9.07 Å². The van der Waals surface area contributed by atoms with Crippen molar-refractivity contribution in [1.29, 1.82) is 0 Å². The summed E-state index contributed by atoms with van der Waals surface area (Å²) >= 11 is 0. The average molecular weight is 337 g/mol. The zero-order chi connectivity index (χ0) is 17.8. The minimum absolute atomic E-state index is 0.0992. The van der Waals surface area contributed by atoms with Crippen LogP contribution in [-0.4, -0.2) is 15.7 Å². The third kappa shape index (κ3) is 3.94. The zero-order valence-electron chi connectivity index (χ0n) is 14.3. The molecule has 4 nitrogen and oxygen atoms in total. The predicted molar refractivity (Wildman–Crippen MR) is 95.0 cm³/mol. The summed E-state index contributed by atoms with van der Waals surface area (Å²) in [6.07, 6.45) is 0.227. The molecule has 0 bridgehead atoms. The first-order valence-corrected chi connectivity index (χ1v) is 8.16. The van der Waals surface area contributed by atoms with E-state index < -0.39 is 0 Å². The molecule has 1 amide bonds. The first-order valence-electron chi connectivity index (χ1n) is 8.16. The lowest BCUT2D eigenvalue weighted by Gasteiger charge is -2.07. The predicted octanol–water partition coefficient (Wildman–Crippen LogP) is 3.49. The summed E-state index contributed by atoms with van der Waals surface area (Å²) in [5.41, 5.74) is 4.69. The van der Waals surface area contributed by atoms with E-state index in [1.165, 1.54) is 12.1 Å². The molecule has 0 radical (unpaired) electrons. The van der Waals surface area contributed by atoms with Crippen LogP contribution in [0.25, 0.3) is 5.69 Å². The smallest absolute Gasteiger partial charge is 0.224 e. The second-order valence-electron chi connectivity index (χ2n) is 5.98. The minimum Gasteiger partial charge on any atom is -0.352 e. The fraction of sp³-hybridized carbons (Fsp3) is 0.200. The molecule has 0 aliphatic carbocycles. The van der Waals surface area contributed by atoms with E-state index in [0.717, 1.165) is 28.2 Å². The molecule has 25 heavy (non-hydrogen) atoms. The maximum atomic E-state index is 12.9. The average Bonchev–Trinajstić information content (AvgIpc) is 2.90. The summed E-state index contributed by atoms with van der Waals surface area (Å²) < 4.78 is 14.8. The number of para-hydroxylation sites is 1. The van der Waals surface area contributed by atoms with Crippen LogP contribution in [-0.2, 0) is 17.8 Å². The van der Waals surface area contributed by atoms with Crippen molar-refractivity contribution >= 4 is 5.91 Å². The molecule has 1 aromatic heterocycles. The molecule has 0 aliphatic rings. The molecule has 0 fully saturated rings. The Balaban J connectivity index is 1.68. The van der Waals surface area contributed by atoms with E-state index in [1.807, 2.05) is 48.9 Å².